The third kappa shape index (κ3) is 6.23. The molecule has 20 heavy (non-hydrogen) atoms. The topological polar surface area (TPSA) is 43.4 Å². The molecule has 116 valence electrons. The highest BCUT2D eigenvalue weighted by atomic mass is 32.2. The van der Waals surface area contributed by atoms with Crippen molar-refractivity contribution in [1.82, 2.24) is 0 Å². The zero-order valence-corrected chi connectivity index (χ0v) is 14.2. The molecule has 0 saturated carbocycles. The summed E-state index contributed by atoms with van der Waals surface area (Å²) in [5.74, 6) is 0. The van der Waals surface area contributed by atoms with E-state index in [0.29, 0.717) is 0 Å². The van der Waals surface area contributed by atoms with Gasteiger partial charge in [0, 0.05) is 0 Å². The molecule has 0 saturated heterocycles. The maximum Gasteiger partial charge on any atom is 0.264 e. The van der Waals surface area contributed by atoms with Crippen molar-refractivity contribution < 1.29 is 12.6 Å². The van der Waals surface area contributed by atoms with Gasteiger partial charge in [-0.1, -0.05) is 37.1 Å². The van der Waals surface area contributed by atoms with Gasteiger partial charge in [-0.05, 0) is 51.4 Å². The van der Waals surface area contributed by atoms with Crippen LogP contribution in [0.25, 0.3) is 0 Å². The molecule has 3 nitrogen and oxygen atoms in total. The predicted molar refractivity (Wildman–Crippen MR) is 84.1 cm³/mol. The van der Waals surface area contributed by atoms with Crippen LogP contribution in [0, 0.1) is 5.41 Å². The van der Waals surface area contributed by atoms with Crippen LogP contribution in [-0.4, -0.2) is 20.8 Å². The van der Waals surface area contributed by atoms with Crippen molar-refractivity contribution in [2.24, 2.45) is 5.41 Å². The van der Waals surface area contributed by atoms with Gasteiger partial charge in [-0.25, -0.2) is 0 Å². The van der Waals surface area contributed by atoms with Crippen LogP contribution in [0.4, 0.5) is 0 Å². The summed E-state index contributed by atoms with van der Waals surface area (Å²) in [5.41, 5.74) is 2.49. The molecule has 1 rings (SSSR count). The molecule has 1 aliphatic rings. The fraction of sp³-hybridized carbons (Fsp3) is 0.750. The maximum absolute atomic E-state index is 11.5. The minimum Gasteiger partial charge on any atom is -0.266 e. The molecule has 1 atom stereocenters. The average molecular weight is 300 g/mol. The Balaban J connectivity index is 3.00. The molecule has 0 amide bonds. The van der Waals surface area contributed by atoms with Gasteiger partial charge in [0.2, 0.25) is 0 Å². The van der Waals surface area contributed by atoms with Gasteiger partial charge in [0.1, 0.15) is 0 Å². The summed E-state index contributed by atoms with van der Waals surface area (Å²) >= 11 is 0. The first kappa shape index (κ1) is 17.4. The van der Waals surface area contributed by atoms with E-state index in [1.807, 2.05) is 0 Å². The fourth-order valence-electron chi connectivity index (χ4n) is 2.46. The van der Waals surface area contributed by atoms with Crippen molar-refractivity contribution >= 4 is 10.1 Å². The highest BCUT2D eigenvalue weighted by Crippen LogP contribution is 2.34. The van der Waals surface area contributed by atoms with Crippen LogP contribution in [0.2, 0.25) is 0 Å². The van der Waals surface area contributed by atoms with Gasteiger partial charge < -0.3 is 0 Å². The van der Waals surface area contributed by atoms with Crippen molar-refractivity contribution in [3.05, 3.63) is 23.3 Å². The molecule has 0 bridgehead atoms. The molecule has 1 aliphatic carbocycles. The SMILES string of the molecule is C/C1=C\CC(C)(C)C(OS(C)(=O)=O)CC/C(C)=C/CC1. The van der Waals surface area contributed by atoms with E-state index in [0.717, 1.165) is 38.4 Å². The Morgan fingerprint density at radius 3 is 2.35 bits per heavy atom. The summed E-state index contributed by atoms with van der Waals surface area (Å²) in [6.45, 7) is 8.43. The first-order valence-corrected chi connectivity index (χ1v) is 9.11. The highest BCUT2D eigenvalue weighted by Gasteiger charge is 2.32. The van der Waals surface area contributed by atoms with Gasteiger partial charge in [-0.3, -0.25) is 4.18 Å². The largest absolute Gasteiger partial charge is 0.266 e. The molecular weight excluding hydrogens is 272 g/mol. The molecule has 0 spiro atoms. The van der Waals surface area contributed by atoms with Crippen LogP contribution in [0.15, 0.2) is 23.3 Å². The molecular formula is C16H28O3S. The van der Waals surface area contributed by atoms with Crippen molar-refractivity contribution in [3.63, 3.8) is 0 Å². The van der Waals surface area contributed by atoms with Crippen LogP contribution < -0.4 is 0 Å². The molecule has 0 N–H and O–H groups in total. The first-order chi connectivity index (χ1) is 9.10. The molecule has 1 unspecified atom stereocenters. The quantitative estimate of drug-likeness (QED) is 0.566. The van der Waals surface area contributed by atoms with Crippen molar-refractivity contribution in [1.29, 1.82) is 0 Å². The average Bonchev–Trinajstić information content (AvgIpc) is 2.31. The van der Waals surface area contributed by atoms with Crippen LogP contribution in [0.1, 0.15) is 59.8 Å². The van der Waals surface area contributed by atoms with Crippen molar-refractivity contribution in [2.45, 2.75) is 65.9 Å². The molecule has 4 heteroatoms. The lowest BCUT2D eigenvalue weighted by Gasteiger charge is -2.32. The summed E-state index contributed by atoms with van der Waals surface area (Å²) in [7, 11) is -3.42. The van der Waals surface area contributed by atoms with E-state index in [9.17, 15) is 8.42 Å². The second-order valence-electron chi connectivity index (χ2n) is 6.66. The highest BCUT2D eigenvalue weighted by molar-refractivity contribution is 7.86. The van der Waals surface area contributed by atoms with Crippen LogP contribution in [0.5, 0.6) is 0 Å². The van der Waals surface area contributed by atoms with Crippen molar-refractivity contribution in [2.75, 3.05) is 6.26 Å². The van der Waals surface area contributed by atoms with Gasteiger partial charge in [-0.2, -0.15) is 8.42 Å². The third-order valence-corrected chi connectivity index (χ3v) is 4.55. The minimum absolute atomic E-state index is 0.186. The lowest BCUT2D eigenvalue weighted by molar-refractivity contribution is 0.0747. The van der Waals surface area contributed by atoms with E-state index in [-0.39, 0.29) is 11.5 Å². The standard InChI is InChI=1S/C16H28O3S/c1-13-7-6-8-14(2)11-12-16(3,4)15(10-9-13)19-20(5,17)18/h7,11,15H,6,8-10,12H2,1-5H3/b13-7+,14-11+. The fourth-order valence-corrected chi connectivity index (χ4v) is 3.24. The summed E-state index contributed by atoms with van der Waals surface area (Å²) in [6.07, 6.45) is 9.97. The van der Waals surface area contributed by atoms with Gasteiger partial charge >= 0.3 is 0 Å². The Morgan fingerprint density at radius 1 is 1.15 bits per heavy atom. The summed E-state index contributed by atoms with van der Waals surface area (Å²) in [4.78, 5) is 0. The van der Waals surface area contributed by atoms with E-state index in [4.69, 9.17) is 4.18 Å². The van der Waals surface area contributed by atoms with Crippen LogP contribution >= 0.6 is 0 Å². The molecule has 0 aromatic rings. The normalized spacial score (nSPS) is 30.6. The monoisotopic (exact) mass is 300 g/mol. The zero-order valence-electron chi connectivity index (χ0n) is 13.4. The Kier molecular flexibility index (Phi) is 6.02. The molecule has 0 radical (unpaired) electrons. The molecule has 0 heterocycles. The third-order valence-electron chi connectivity index (χ3n) is 3.97. The van der Waals surface area contributed by atoms with Gasteiger partial charge in [0.15, 0.2) is 0 Å². The Hall–Kier alpha value is -0.610. The number of rotatable bonds is 2. The Morgan fingerprint density at radius 2 is 1.75 bits per heavy atom. The maximum atomic E-state index is 11.5. The van der Waals surface area contributed by atoms with Gasteiger partial charge in [0.05, 0.1) is 12.4 Å². The van der Waals surface area contributed by atoms with Crippen LogP contribution in [0.3, 0.4) is 0 Å². The summed E-state index contributed by atoms with van der Waals surface area (Å²) < 4.78 is 28.4. The Labute approximate surface area is 124 Å². The van der Waals surface area contributed by atoms with E-state index in [1.165, 1.54) is 11.1 Å². The lowest BCUT2D eigenvalue weighted by atomic mass is 9.80. The summed E-state index contributed by atoms with van der Waals surface area (Å²) in [6, 6.07) is 0. The number of hydrogen-bond donors (Lipinski definition) is 0. The first-order valence-electron chi connectivity index (χ1n) is 7.30. The Bertz CT molecular complexity index is 484. The van der Waals surface area contributed by atoms with E-state index in [2.05, 4.69) is 39.8 Å². The molecule has 0 fully saturated rings. The van der Waals surface area contributed by atoms with Crippen LogP contribution in [-0.2, 0) is 14.3 Å². The number of hydrogen-bond acceptors (Lipinski definition) is 3. The zero-order chi connectivity index (χ0) is 15.4. The van der Waals surface area contributed by atoms with E-state index < -0.39 is 10.1 Å². The van der Waals surface area contributed by atoms with Gasteiger partial charge in [-0.15, -0.1) is 0 Å². The second-order valence-corrected chi connectivity index (χ2v) is 8.26. The minimum atomic E-state index is -3.42. The summed E-state index contributed by atoms with van der Waals surface area (Å²) in [5, 5.41) is 0. The lowest BCUT2D eigenvalue weighted by Crippen LogP contribution is -2.33. The van der Waals surface area contributed by atoms with E-state index >= 15 is 0 Å². The van der Waals surface area contributed by atoms with Gasteiger partial charge in [0.25, 0.3) is 10.1 Å². The van der Waals surface area contributed by atoms with Crippen molar-refractivity contribution in [3.8, 4) is 0 Å². The molecule has 0 aromatic carbocycles. The van der Waals surface area contributed by atoms with E-state index in [1.54, 1.807) is 0 Å². The smallest absolute Gasteiger partial charge is 0.264 e. The second kappa shape index (κ2) is 6.90. The number of allylic oxidation sites excluding steroid dienone is 4. The molecule has 0 aromatic heterocycles. The predicted octanol–water partition coefficient (Wildman–Crippen LogP) is 4.21. The molecule has 0 aliphatic heterocycles.